The summed E-state index contributed by atoms with van der Waals surface area (Å²) in [7, 11) is 3.51. The third-order valence-corrected chi connectivity index (χ3v) is 2.01. The minimum Gasteiger partial charge on any atom is -0.358 e. The summed E-state index contributed by atoms with van der Waals surface area (Å²) in [5.74, 6) is 0.550. The summed E-state index contributed by atoms with van der Waals surface area (Å²) >= 11 is 0. The van der Waals surface area contributed by atoms with Crippen LogP contribution in [0.25, 0.3) is 0 Å². The standard InChI is InChI=1S/C8H13N4O2/c1-6-9-8(12(13)14)7(11(6)4)5-10(2)3/h2,5H2,1,3-4H3/q+1. The van der Waals surface area contributed by atoms with Gasteiger partial charge in [-0.1, -0.05) is 0 Å². The van der Waals surface area contributed by atoms with Crippen molar-refractivity contribution in [1.82, 2.24) is 9.55 Å². The molecule has 0 spiro atoms. The van der Waals surface area contributed by atoms with Crippen molar-refractivity contribution < 1.29 is 9.50 Å². The molecule has 1 aromatic rings. The van der Waals surface area contributed by atoms with E-state index in [1.165, 1.54) is 0 Å². The number of aryl methyl sites for hydroxylation is 1. The summed E-state index contributed by atoms with van der Waals surface area (Å²) in [6.07, 6.45) is 0. The van der Waals surface area contributed by atoms with Crippen molar-refractivity contribution in [1.29, 1.82) is 0 Å². The molecule has 0 N–H and O–H groups in total. The molecule has 6 nitrogen and oxygen atoms in total. The van der Waals surface area contributed by atoms with Crippen LogP contribution in [0.5, 0.6) is 0 Å². The number of rotatable bonds is 3. The molecule has 0 aliphatic carbocycles. The van der Waals surface area contributed by atoms with Gasteiger partial charge in [0.05, 0.1) is 0 Å². The van der Waals surface area contributed by atoms with Gasteiger partial charge in [-0.3, -0.25) is 0 Å². The highest BCUT2D eigenvalue weighted by Gasteiger charge is 2.25. The van der Waals surface area contributed by atoms with Gasteiger partial charge in [-0.2, -0.15) is 0 Å². The van der Waals surface area contributed by atoms with E-state index in [4.69, 9.17) is 0 Å². The van der Waals surface area contributed by atoms with Gasteiger partial charge >= 0.3 is 5.82 Å². The summed E-state index contributed by atoms with van der Waals surface area (Å²) in [5, 5.41) is 10.7. The molecule has 1 heterocycles. The van der Waals surface area contributed by atoms with E-state index >= 15 is 0 Å². The highest BCUT2D eigenvalue weighted by molar-refractivity contribution is 5.29. The number of hydrogen-bond donors (Lipinski definition) is 0. The lowest BCUT2D eigenvalue weighted by Gasteiger charge is -1.98. The quantitative estimate of drug-likeness (QED) is 0.306. The second kappa shape index (κ2) is 3.57. The third kappa shape index (κ3) is 1.78. The molecule has 76 valence electrons. The van der Waals surface area contributed by atoms with E-state index in [2.05, 4.69) is 11.7 Å². The molecule has 1 rings (SSSR count). The molecule has 0 aromatic carbocycles. The van der Waals surface area contributed by atoms with Crippen molar-refractivity contribution in [3.63, 3.8) is 0 Å². The Morgan fingerprint density at radius 2 is 2.21 bits per heavy atom. The van der Waals surface area contributed by atoms with Crippen LogP contribution in [-0.2, 0) is 13.6 Å². The Morgan fingerprint density at radius 3 is 2.64 bits per heavy atom. The van der Waals surface area contributed by atoms with Gasteiger partial charge in [0.2, 0.25) is 5.82 Å². The molecule has 0 saturated carbocycles. The Bertz CT molecular complexity index is 394. The molecule has 0 unspecified atom stereocenters. The van der Waals surface area contributed by atoms with Crippen LogP contribution in [0.15, 0.2) is 0 Å². The smallest absolute Gasteiger partial charge is 0.358 e. The summed E-state index contributed by atoms with van der Waals surface area (Å²) < 4.78 is 3.34. The topological polar surface area (TPSA) is 64.0 Å². The number of aromatic nitrogens is 2. The van der Waals surface area contributed by atoms with Crippen molar-refractivity contribution in [2.24, 2.45) is 7.05 Å². The lowest BCUT2D eigenvalue weighted by atomic mass is 10.4. The molecule has 6 heteroatoms. The van der Waals surface area contributed by atoms with Gasteiger partial charge in [0, 0.05) is 14.0 Å². The fraction of sp³-hybridized carbons (Fsp3) is 0.500. The zero-order chi connectivity index (χ0) is 10.9. The SMILES string of the molecule is C=[N+](C)Cc1c([N+](=O)[O-])nc(C)n1C. The second-order valence-corrected chi connectivity index (χ2v) is 3.26. The Kier molecular flexibility index (Phi) is 2.64. The minimum atomic E-state index is -0.466. The fourth-order valence-electron chi connectivity index (χ4n) is 1.22. The molecular formula is C8H13N4O2+. The van der Waals surface area contributed by atoms with Gasteiger partial charge in [-0.15, -0.1) is 0 Å². The molecule has 0 aliphatic rings. The normalized spacial score (nSPS) is 10.2. The van der Waals surface area contributed by atoms with Crippen molar-refractivity contribution in [3.8, 4) is 0 Å². The van der Waals surface area contributed by atoms with E-state index in [1.54, 1.807) is 30.2 Å². The van der Waals surface area contributed by atoms with Crippen molar-refractivity contribution >= 4 is 12.5 Å². The second-order valence-electron chi connectivity index (χ2n) is 3.26. The maximum atomic E-state index is 10.7. The molecule has 0 aliphatic heterocycles. The zero-order valence-corrected chi connectivity index (χ0v) is 8.52. The van der Waals surface area contributed by atoms with E-state index in [9.17, 15) is 10.1 Å². The average molecular weight is 197 g/mol. The van der Waals surface area contributed by atoms with Crippen molar-refractivity contribution in [2.75, 3.05) is 7.05 Å². The predicted molar refractivity (Wildman–Crippen MR) is 51.6 cm³/mol. The number of hydrogen-bond acceptors (Lipinski definition) is 3. The fourth-order valence-corrected chi connectivity index (χ4v) is 1.22. The molecule has 0 saturated heterocycles. The third-order valence-electron chi connectivity index (χ3n) is 2.01. The van der Waals surface area contributed by atoms with E-state index in [1.807, 2.05) is 0 Å². The van der Waals surface area contributed by atoms with Gasteiger partial charge in [0.25, 0.3) is 0 Å². The van der Waals surface area contributed by atoms with Crippen LogP contribution in [0, 0.1) is 17.0 Å². The van der Waals surface area contributed by atoms with Gasteiger partial charge in [0.15, 0.2) is 12.2 Å². The first kappa shape index (κ1) is 10.4. The lowest BCUT2D eigenvalue weighted by Crippen LogP contribution is -2.09. The highest BCUT2D eigenvalue weighted by atomic mass is 16.6. The maximum Gasteiger partial charge on any atom is 0.391 e. The first-order valence-corrected chi connectivity index (χ1v) is 4.11. The van der Waals surface area contributed by atoms with Gasteiger partial charge in [-0.05, 0) is 9.91 Å². The maximum absolute atomic E-state index is 10.7. The van der Waals surface area contributed by atoms with E-state index in [0.717, 1.165) is 0 Å². The largest absolute Gasteiger partial charge is 0.391 e. The summed E-state index contributed by atoms with van der Waals surface area (Å²) in [6.45, 7) is 5.80. The number of imidazole rings is 1. The van der Waals surface area contributed by atoms with Crippen LogP contribution in [-0.4, -0.2) is 32.8 Å². The minimum absolute atomic E-state index is 0.0829. The van der Waals surface area contributed by atoms with Crippen LogP contribution in [0.1, 0.15) is 11.5 Å². The molecule has 1 aromatic heterocycles. The van der Waals surface area contributed by atoms with Crippen LogP contribution in [0.3, 0.4) is 0 Å². The first-order chi connectivity index (χ1) is 6.43. The Labute approximate surface area is 81.7 Å². The Hall–Kier alpha value is -1.72. The Morgan fingerprint density at radius 1 is 1.64 bits per heavy atom. The van der Waals surface area contributed by atoms with Crippen LogP contribution in [0.2, 0.25) is 0 Å². The summed E-state index contributed by atoms with van der Waals surface area (Å²) in [6, 6.07) is 0. The van der Waals surface area contributed by atoms with E-state index in [0.29, 0.717) is 18.1 Å². The van der Waals surface area contributed by atoms with Crippen molar-refractivity contribution in [3.05, 3.63) is 21.6 Å². The van der Waals surface area contributed by atoms with Gasteiger partial charge < -0.3 is 14.7 Å². The van der Waals surface area contributed by atoms with Gasteiger partial charge in [0.1, 0.15) is 13.8 Å². The van der Waals surface area contributed by atoms with Crippen LogP contribution < -0.4 is 0 Å². The molecule has 0 amide bonds. The summed E-state index contributed by atoms with van der Waals surface area (Å²) in [4.78, 5) is 14.1. The first-order valence-electron chi connectivity index (χ1n) is 4.11. The van der Waals surface area contributed by atoms with E-state index < -0.39 is 4.92 Å². The molecule has 14 heavy (non-hydrogen) atoms. The lowest BCUT2D eigenvalue weighted by molar-refractivity contribution is -0.507. The van der Waals surface area contributed by atoms with Crippen molar-refractivity contribution in [2.45, 2.75) is 13.5 Å². The van der Waals surface area contributed by atoms with Crippen LogP contribution >= 0.6 is 0 Å². The molecule has 0 bridgehead atoms. The van der Waals surface area contributed by atoms with E-state index in [-0.39, 0.29) is 5.82 Å². The highest BCUT2D eigenvalue weighted by Crippen LogP contribution is 2.18. The average Bonchev–Trinajstić information content (AvgIpc) is 2.32. The molecular weight excluding hydrogens is 184 g/mol. The zero-order valence-electron chi connectivity index (χ0n) is 8.52. The molecule has 0 atom stereocenters. The number of nitrogens with zero attached hydrogens (tertiary/aromatic N) is 4. The van der Waals surface area contributed by atoms with Crippen LogP contribution in [0.4, 0.5) is 5.82 Å². The number of nitro groups is 1. The monoisotopic (exact) mass is 197 g/mol. The van der Waals surface area contributed by atoms with Gasteiger partial charge in [-0.25, -0.2) is 4.58 Å². The molecule has 0 radical (unpaired) electrons. The Balaban J connectivity index is 3.23. The summed E-state index contributed by atoms with van der Waals surface area (Å²) in [5.41, 5.74) is 0.574. The molecule has 0 fully saturated rings. The predicted octanol–water partition coefficient (Wildman–Crippen LogP) is 0.480.